The van der Waals surface area contributed by atoms with Gasteiger partial charge >= 0.3 is 6.18 Å². The molecule has 0 bridgehead atoms. The van der Waals surface area contributed by atoms with Crippen LogP contribution in [0.5, 0.6) is 5.75 Å². The van der Waals surface area contributed by atoms with E-state index in [9.17, 15) is 18.3 Å². The van der Waals surface area contributed by atoms with Gasteiger partial charge in [-0.05, 0) is 18.6 Å². The molecule has 0 unspecified atom stereocenters. The molecule has 2 rings (SSSR count). The van der Waals surface area contributed by atoms with Crippen molar-refractivity contribution in [2.24, 2.45) is 0 Å². The van der Waals surface area contributed by atoms with Crippen LogP contribution >= 0.6 is 0 Å². The third-order valence-corrected chi connectivity index (χ3v) is 3.31. The van der Waals surface area contributed by atoms with Crippen molar-refractivity contribution >= 4 is 0 Å². The van der Waals surface area contributed by atoms with Crippen molar-refractivity contribution in [3.05, 3.63) is 29.3 Å². The Morgan fingerprint density at radius 3 is 2.42 bits per heavy atom. The summed E-state index contributed by atoms with van der Waals surface area (Å²) in [5.74, 6) is -0.291. The van der Waals surface area contributed by atoms with Gasteiger partial charge in [0.2, 0.25) is 0 Å². The van der Waals surface area contributed by atoms with E-state index in [2.05, 4.69) is 5.32 Å². The summed E-state index contributed by atoms with van der Waals surface area (Å²) < 4.78 is 39.9. The molecule has 1 heterocycles. The Bertz CT molecular complexity index is 442. The number of aromatic hydroxyl groups is 1. The van der Waals surface area contributed by atoms with Gasteiger partial charge in [0.05, 0.1) is 0 Å². The number of nitrogens with one attached hydrogen (secondary N) is 1. The van der Waals surface area contributed by atoms with Gasteiger partial charge in [-0.3, -0.25) is 4.90 Å². The summed E-state index contributed by atoms with van der Waals surface area (Å²) in [7, 11) is 0. The van der Waals surface area contributed by atoms with Crippen LogP contribution in [0.2, 0.25) is 0 Å². The van der Waals surface area contributed by atoms with E-state index in [1.54, 1.807) is 13.0 Å². The molecule has 1 aromatic carbocycles. The van der Waals surface area contributed by atoms with E-state index in [1.807, 2.05) is 0 Å². The highest BCUT2D eigenvalue weighted by molar-refractivity contribution is 5.39. The fourth-order valence-electron chi connectivity index (χ4n) is 2.41. The summed E-state index contributed by atoms with van der Waals surface area (Å²) in [6, 6.07) is 2.59. The summed E-state index contributed by atoms with van der Waals surface area (Å²) in [5.41, 5.74) is 0.669. The molecule has 2 N–H and O–H groups in total. The van der Waals surface area contributed by atoms with Crippen LogP contribution in [0.15, 0.2) is 18.2 Å². The highest BCUT2D eigenvalue weighted by Crippen LogP contribution is 2.41. The fourth-order valence-corrected chi connectivity index (χ4v) is 2.41. The Kier molecular flexibility index (Phi) is 4.01. The van der Waals surface area contributed by atoms with Crippen molar-refractivity contribution in [2.75, 3.05) is 26.2 Å². The molecule has 0 aromatic heterocycles. The van der Waals surface area contributed by atoms with E-state index in [1.165, 1.54) is 17.0 Å². The van der Waals surface area contributed by atoms with Crippen molar-refractivity contribution in [1.29, 1.82) is 0 Å². The fraction of sp³-hybridized carbons (Fsp3) is 0.538. The zero-order valence-electron chi connectivity index (χ0n) is 10.7. The monoisotopic (exact) mass is 274 g/mol. The van der Waals surface area contributed by atoms with Gasteiger partial charge in [-0.1, -0.05) is 12.1 Å². The Balaban J connectivity index is 2.36. The number of alkyl halides is 3. The molecular formula is C13H17F3N2O. The van der Waals surface area contributed by atoms with Crippen LogP contribution in [0.3, 0.4) is 0 Å². The standard InChI is InChI=1S/C13H17F3N2O/c1-9-2-3-10(11(19)8-9)12(13(14,15)16)18-6-4-17-5-7-18/h2-3,8,12,17,19H,4-7H2,1H3/t12-/m1/s1. The Morgan fingerprint density at radius 1 is 1.26 bits per heavy atom. The zero-order chi connectivity index (χ0) is 14.0. The lowest BCUT2D eigenvalue weighted by atomic mass is 10.0. The summed E-state index contributed by atoms with van der Waals surface area (Å²) >= 11 is 0. The van der Waals surface area contributed by atoms with Crippen LogP contribution < -0.4 is 5.32 Å². The van der Waals surface area contributed by atoms with E-state index in [-0.39, 0.29) is 11.3 Å². The molecule has 1 aliphatic heterocycles. The van der Waals surface area contributed by atoms with Crippen molar-refractivity contribution in [2.45, 2.75) is 19.1 Å². The number of rotatable bonds is 2. The van der Waals surface area contributed by atoms with Crippen LogP contribution in [-0.2, 0) is 0 Å². The maximum Gasteiger partial charge on any atom is 0.408 e. The number of nitrogens with zero attached hydrogens (tertiary/aromatic N) is 1. The number of halogens is 3. The van der Waals surface area contributed by atoms with Crippen LogP contribution in [-0.4, -0.2) is 42.4 Å². The van der Waals surface area contributed by atoms with Crippen molar-refractivity contribution in [1.82, 2.24) is 10.2 Å². The molecule has 1 fully saturated rings. The third kappa shape index (κ3) is 3.19. The number of phenols is 1. The average Bonchev–Trinajstić information content (AvgIpc) is 2.32. The maximum atomic E-state index is 13.3. The predicted molar refractivity (Wildman–Crippen MR) is 66.1 cm³/mol. The van der Waals surface area contributed by atoms with Crippen molar-refractivity contribution in [3.8, 4) is 5.75 Å². The number of phenolic OH excluding ortho intramolecular Hbond substituents is 1. The second-order valence-corrected chi connectivity index (χ2v) is 4.79. The summed E-state index contributed by atoms with van der Waals surface area (Å²) in [4.78, 5) is 1.36. The van der Waals surface area contributed by atoms with E-state index in [4.69, 9.17) is 0 Å². The van der Waals surface area contributed by atoms with Crippen LogP contribution in [0.1, 0.15) is 17.2 Å². The average molecular weight is 274 g/mol. The van der Waals surface area contributed by atoms with Crippen LogP contribution in [0.4, 0.5) is 13.2 Å². The van der Waals surface area contributed by atoms with Crippen LogP contribution in [0, 0.1) is 6.92 Å². The van der Waals surface area contributed by atoms with Crippen molar-refractivity contribution < 1.29 is 18.3 Å². The first-order chi connectivity index (χ1) is 8.89. The first-order valence-electron chi connectivity index (χ1n) is 6.20. The molecule has 0 spiro atoms. The molecule has 1 atom stereocenters. The number of hydrogen-bond donors (Lipinski definition) is 2. The highest BCUT2D eigenvalue weighted by atomic mass is 19.4. The van der Waals surface area contributed by atoms with Crippen LogP contribution in [0.25, 0.3) is 0 Å². The number of hydrogen-bond acceptors (Lipinski definition) is 3. The SMILES string of the molecule is Cc1ccc([C@@H](N2CCNCC2)C(F)(F)F)c(O)c1. The zero-order valence-corrected chi connectivity index (χ0v) is 10.7. The second kappa shape index (κ2) is 5.38. The summed E-state index contributed by atoms with van der Waals surface area (Å²) in [5, 5.41) is 12.8. The van der Waals surface area contributed by atoms with E-state index < -0.39 is 12.2 Å². The third-order valence-electron chi connectivity index (χ3n) is 3.31. The topological polar surface area (TPSA) is 35.5 Å². The van der Waals surface area contributed by atoms with E-state index >= 15 is 0 Å². The molecule has 0 saturated carbocycles. The van der Waals surface area contributed by atoms with Gasteiger partial charge in [0.15, 0.2) is 0 Å². The van der Waals surface area contributed by atoms with E-state index in [0.29, 0.717) is 26.2 Å². The van der Waals surface area contributed by atoms with Gasteiger partial charge in [0, 0.05) is 31.7 Å². The van der Waals surface area contributed by atoms with E-state index in [0.717, 1.165) is 5.56 Å². The minimum Gasteiger partial charge on any atom is -0.508 e. The molecule has 6 heteroatoms. The molecule has 1 aliphatic rings. The molecule has 1 saturated heterocycles. The largest absolute Gasteiger partial charge is 0.508 e. The van der Waals surface area contributed by atoms with Crippen molar-refractivity contribution in [3.63, 3.8) is 0 Å². The first kappa shape index (κ1) is 14.1. The van der Waals surface area contributed by atoms with Gasteiger partial charge in [-0.15, -0.1) is 0 Å². The lowest BCUT2D eigenvalue weighted by molar-refractivity contribution is -0.188. The van der Waals surface area contributed by atoms with Gasteiger partial charge < -0.3 is 10.4 Å². The molecule has 1 aromatic rings. The highest BCUT2D eigenvalue weighted by Gasteiger charge is 2.46. The van der Waals surface area contributed by atoms with Gasteiger partial charge in [-0.2, -0.15) is 13.2 Å². The lowest BCUT2D eigenvalue weighted by Crippen LogP contribution is -2.49. The molecule has 3 nitrogen and oxygen atoms in total. The molecule has 0 amide bonds. The number of benzene rings is 1. The lowest BCUT2D eigenvalue weighted by Gasteiger charge is -2.36. The minimum absolute atomic E-state index is 0.0694. The smallest absolute Gasteiger partial charge is 0.408 e. The Morgan fingerprint density at radius 2 is 1.89 bits per heavy atom. The normalized spacial score (nSPS) is 19.4. The number of aryl methyl sites for hydroxylation is 1. The van der Waals surface area contributed by atoms with Gasteiger partial charge in [-0.25, -0.2) is 0 Å². The number of piperazine rings is 1. The Hall–Kier alpha value is -1.27. The molecular weight excluding hydrogens is 257 g/mol. The molecule has 106 valence electrons. The predicted octanol–water partition coefficient (Wildman–Crippen LogP) is 2.21. The molecule has 0 aliphatic carbocycles. The summed E-state index contributed by atoms with van der Waals surface area (Å²) in [6.45, 7) is 3.42. The summed E-state index contributed by atoms with van der Waals surface area (Å²) in [6.07, 6.45) is -4.40. The molecule has 0 radical (unpaired) electrons. The second-order valence-electron chi connectivity index (χ2n) is 4.79. The van der Waals surface area contributed by atoms with Gasteiger partial charge in [0.1, 0.15) is 11.8 Å². The molecule has 19 heavy (non-hydrogen) atoms. The minimum atomic E-state index is -4.40. The Labute approximate surface area is 110 Å². The maximum absolute atomic E-state index is 13.3. The van der Waals surface area contributed by atoms with Gasteiger partial charge in [0.25, 0.3) is 0 Å². The first-order valence-corrected chi connectivity index (χ1v) is 6.20. The quantitative estimate of drug-likeness (QED) is 0.868.